The zero-order valence-electron chi connectivity index (χ0n) is 29.3. The van der Waals surface area contributed by atoms with Crippen LogP contribution in [0.5, 0.6) is 0 Å². The van der Waals surface area contributed by atoms with Crippen molar-refractivity contribution in [1.82, 2.24) is 0 Å². The van der Waals surface area contributed by atoms with Crippen molar-refractivity contribution in [2.75, 3.05) is 4.90 Å². The van der Waals surface area contributed by atoms with Gasteiger partial charge in [-0.1, -0.05) is 172 Å². The zero-order chi connectivity index (χ0) is 34.8. The number of nitrogens with zero attached hydrogens (tertiary/aromatic N) is 1. The maximum absolute atomic E-state index is 2.46. The van der Waals surface area contributed by atoms with Crippen LogP contribution in [0.15, 0.2) is 188 Å². The van der Waals surface area contributed by atoms with Gasteiger partial charge in [-0.25, -0.2) is 0 Å². The van der Waals surface area contributed by atoms with Gasteiger partial charge in [0.25, 0.3) is 0 Å². The molecule has 9 aromatic rings. The summed E-state index contributed by atoms with van der Waals surface area (Å²) in [5.74, 6) is 0. The maximum Gasteiger partial charge on any atom is 0.0540 e. The van der Waals surface area contributed by atoms with Crippen LogP contribution in [0.3, 0.4) is 0 Å². The third-order valence-electron chi connectivity index (χ3n) is 11.3. The number of benzene rings is 9. The van der Waals surface area contributed by atoms with E-state index in [0.29, 0.717) is 0 Å². The van der Waals surface area contributed by atoms with Gasteiger partial charge in [0.1, 0.15) is 0 Å². The molecule has 0 aromatic heterocycles. The molecular formula is C51H37N. The van der Waals surface area contributed by atoms with E-state index in [-0.39, 0.29) is 5.41 Å². The van der Waals surface area contributed by atoms with Gasteiger partial charge < -0.3 is 4.90 Å². The molecule has 1 heteroatoms. The number of hydrogen-bond donors (Lipinski definition) is 0. The molecule has 0 N–H and O–H groups in total. The molecule has 1 aliphatic rings. The maximum atomic E-state index is 2.46. The highest BCUT2D eigenvalue weighted by atomic mass is 15.1. The lowest BCUT2D eigenvalue weighted by atomic mass is 9.82. The number of fused-ring (bicyclic) bond motifs is 7. The second kappa shape index (κ2) is 11.8. The van der Waals surface area contributed by atoms with Gasteiger partial charge in [0.05, 0.1) is 5.69 Å². The number of hydrogen-bond acceptors (Lipinski definition) is 1. The second-order valence-electron chi connectivity index (χ2n) is 14.5. The van der Waals surface area contributed by atoms with Crippen LogP contribution in [0.1, 0.15) is 25.0 Å². The van der Waals surface area contributed by atoms with Gasteiger partial charge in [-0.3, -0.25) is 0 Å². The van der Waals surface area contributed by atoms with E-state index < -0.39 is 0 Å². The highest BCUT2D eigenvalue weighted by Gasteiger charge is 2.35. The molecule has 0 radical (unpaired) electrons. The summed E-state index contributed by atoms with van der Waals surface area (Å²) in [5, 5.41) is 7.52. The standard InChI is InChI=1S/C51H37N/c1-51(2)48-23-9-8-18-45(48)46-30-29-38(33-49(46)51)52(37-27-25-36(26-28-37)40-19-10-16-35-15-6-7-17-39(35)40)50-24-12-22-43-42-21-11-20-41(34-13-4-3-5-14-34)44(42)31-32-47(43)50/h3-33H,1-2H3. The Morgan fingerprint density at radius 1 is 0.346 bits per heavy atom. The molecule has 52 heavy (non-hydrogen) atoms. The van der Waals surface area contributed by atoms with E-state index >= 15 is 0 Å². The Kier molecular flexibility index (Phi) is 6.91. The molecule has 9 aromatic carbocycles. The minimum absolute atomic E-state index is 0.103. The Hall–Kier alpha value is -6.44. The van der Waals surface area contributed by atoms with Gasteiger partial charge in [-0.2, -0.15) is 0 Å². The molecule has 0 bridgehead atoms. The molecule has 0 aliphatic heterocycles. The Labute approximate surface area is 305 Å². The minimum Gasteiger partial charge on any atom is -0.310 e. The largest absolute Gasteiger partial charge is 0.310 e. The predicted molar refractivity (Wildman–Crippen MR) is 222 cm³/mol. The molecule has 10 rings (SSSR count). The van der Waals surface area contributed by atoms with E-state index in [2.05, 4.69) is 207 Å². The molecular weight excluding hydrogens is 627 g/mol. The van der Waals surface area contributed by atoms with Crippen LogP contribution in [0.4, 0.5) is 17.1 Å². The lowest BCUT2D eigenvalue weighted by Gasteiger charge is -2.29. The first-order valence-corrected chi connectivity index (χ1v) is 18.2. The molecule has 1 nitrogen and oxygen atoms in total. The molecule has 0 atom stereocenters. The Balaban J connectivity index is 1.17. The van der Waals surface area contributed by atoms with Crippen LogP contribution in [-0.4, -0.2) is 0 Å². The topological polar surface area (TPSA) is 3.24 Å². The van der Waals surface area contributed by atoms with E-state index in [1.54, 1.807) is 0 Å². The summed E-state index contributed by atoms with van der Waals surface area (Å²) in [6.45, 7) is 4.72. The predicted octanol–water partition coefficient (Wildman–Crippen LogP) is 14.3. The monoisotopic (exact) mass is 663 g/mol. The lowest BCUT2D eigenvalue weighted by molar-refractivity contribution is 0.660. The molecule has 246 valence electrons. The first-order valence-electron chi connectivity index (χ1n) is 18.2. The first kappa shape index (κ1) is 30.4. The number of anilines is 3. The summed E-state index contributed by atoms with van der Waals surface area (Å²) in [4.78, 5) is 2.46. The summed E-state index contributed by atoms with van der Waals surface area (Å²) in [6.07, 6.45) is 0. The summed E-state index contributed by atoms with van der Waals surface area (Å²) in [5.41, 5.74) is 13.7. The highest BCUT2D eigenvalue weighted by molar-refractivity contribution is 6.16. The summed E-state index contributed by atoms with van der Waals surface area (Å²) < 4.78 is 0. The van der Waals surface area contributed by atoms with Crippen molar-refractivity contribution < 1.29 is 0 Å². The fourth-order valence-corrected chi connectivity index (χ4v) is 8.70. The minimum atomic E-state index is -0.103. The van der Waals surface area contributed by atoms with Gasteiger partial charge in [-0.05, 0) is 102 Å². The molecule has 0 saturated carbocycles. The third kappa shape index (κ3) is 4.70. The fourth-order valence-electron chi connectivity index (χ4n) is 8.70. The fraction of sp³-hybridized carbons (Fsp3) is 0.0588. The van der Waals surface area contributed by atoms with Crippen molar-refractivity contribution >= 4 is 49.4 Å². The smallest absolute Gasteiger partial charge is 0.0540 e. The molecule has 0 saturated heterocycles. The van der Waals surface area contributed by atoms with E-state index in [4.69, 9.17) is 0 Å². The SMILES string of the molecule is CC1(C)c2ccccc2-c2ccc(N(c3ccc(-c4cccc5ccccc45)cc3)c3cccc4c3ccc3c(-c5ccccc5)cccc34)cc21. The molecule has 0 unspecified atom stereocenters. The van der Waals surface area contributed by atoms with E-state index in [1.807, 2.05) is 0 Å². The molecule has 0 spiro atoms. The Morgan fingerprint density at radius 2 is 0.904 bits per heavy atom. The van der Waals surface area contributed by atoms with Crippen molar-refractivity contribution in [1.29, 1.82) is 0 Å². The van der Waals surface area contributed by atoms with Crippen LogP contribution in [0.2, 0.25) is 0 Å². The lowest BCUT2D eigenvalue weighted by Crippen LogP contribution is -2.16. The van der Waals surface area contributed by atoms with Crippen molar-refractivity contribution in [3.63, 3.8) is 0 Å². The summed E-state index contributed by atoms with van der Waals surface area (Å²) in [6, 6.07) is 69.2. The van der Waals surface area contributed by atoms with E-state index in [9.17, 15) is 0 Å². The molecule has 1 aliphatic carbocycles. The van der Waals surface area contributed by atoms with Gasteiger partial charge >= 0.3 is 0 Å². The summed E-state index contributed by atoms with van der Waals surface area (Å²) in [7, 11) is 0. The van der Waals surface area contributed by atoms with Crippen LogP contribution in [0, 0.1) is 0 Å². The van der Waals surface area contributed by atoms with E-state index in [0.717, 1.165) is 17.1 Å². The molecule has 0 heterocycles. The average Bonchev–Trinajstić information content (AvgIpc) is 3.43. The number of rotatable bonds is 5. The average molecular weight is 664 g/mol. The van der Waals surface area contributed by atoms with Crippen molar-refractivity contribution in [2.45, 2.75) is 19.3 Å². The Bertz CT molecular complexity index is 2800. The van der Waals surface area contributed by atoms with Gasteiger partial charge in [0, 0.05) is 22.2 Å². The van der Waals surface area contributed by atoms with Gasteiger partial charge in [0.15, 0.2) is 0 Å². The van der Waals surface area contributed by atoms with Gasteiger partial charge in [0.2, 0.25) is 0 Å². The van der Waals surface area contributed by atoms with Crippen LogP contribution < -0.4 is 4.90 Å². The quantitative estimate of drug-likeness (QED) is 0.166. The van der Waals surface area contributed by atoms with Crippen molar-refractivity contribution in [3.05, 3.63) is 199 Å². The zero-order valence-corrected chi connectivity index (χ0v) is 29.3. The second-order valence-corrected chi connectivity index (χ2v) is 14.5. The molecule has 0 amide bonds. The Morgan fingerprint density at radius 3 is 1.75 bits per heavy atom. The van der Waals surface area contributed by atoms with Gasteiger partial charge in [-0.15, -0.1) is 0 Å². The van der Waals surface area contributed by atoms with Crippen LogP contribution >= 0.6 is 0 Å². The molecule has 0 fully saturated rings. The summed E-state index contributed by atoms with van der Waals surface area (Å²) >= 11 is 0. The first-order chi connectivity index (χ1) is 25.6. The normalized spacial score (nSPS) is 13.0. The van der Waals surface area contributed by atoms with Crippen molar-refractivity contribution in [3.8, 4) is 33.4 Å². The van der Waals surface area contributed by atoms with Crippen molar-refractivity contribution in [2.24, 2.45) is 0 Å². The van der Waals surface area contributed by atoms with E-state index in [1.165, 1.54) is 76.8 Å². The van der Waals surface area contributed by atoms with Crippen LogP contribution in [-0.2, 0) is 5.41 Å². The third-order valence-corrected chi connectivity index (χ3v) is 11.3. The highest BCUT2D eigenvalue weighted by Crippen LogP contribution is 2.51. The van der Waals surface area contributed by atoms with Crippen LogP contribution in [0.25, 0.3) is 65.7 Å².